The molecule has 0 aliphatic rings. The first-order chi connectivity index (χ1) is 8.81. The third-order valence-electron chi connectivity index (χ3n) is 3.00. The summed E-state index contributed by atoms with van der Waals surface area (Å²) >= 11 is 0. The van der Waals surface area contributed by atoms with Crippen molar-refractivity contribution in [2.75, 3.05) is 6.61 Å². The minimum absolute atomic E-state index is 0.0116. The Bertz CT molecular complexity index is 508. The minimum Gasteiger partial charge on any atom is -0.395 e. The number of aromatic nitrogens is 2. The quantitative estimate of drug-likeness (QED) is 0.781. The molecule has 110 valence electrons. The van der Waals surface area contributed by atoms with Gasteiger partial charge in [0.15, 0.2) is 5.03 Å². The summed E-state index contributed by atoms with van der Waals surface area (Å²) in [4.78, 5) is 4.08. The Morgan fingerprint density at radius 2 is 2.11 bits per heavy atom. The lowest BCUT2D eigenvalue weighted by Gasteiger charge is -2.18. The Morgan fingerprint density at radius 3 is 2.58 bits per heavy atom. The molecule has 1 atom stereocenters. The van der Waals surface area contributed by atoms with Gasteiger partial charge in [0.1, 0.15) is 5.82 Å². The topological polar surface area (TPSA) is 84.2 Å². The van der Waals surface area contributed by atoms with Gasteiger partial charge in [0, 0.05) is 18.8 Å². The van der Waals surface area contributed by atoms with Gasteiger partial charge in [0.25, 0.3) is 10.0 Å². The molecule has 1 rings (SSSR count). The molecule has 0 radical (unpaired) electrons. The maximum absolute atomic E-state index is 12.2. The van der Waals surface area contributed by atoms with Crippen LogP contribution in [0.15, 0.2) is 11.2 Å². The van der Waals surface area contributed by atoms with Crippen molar-refractivity contribution in [3.63, 3.8) is 0 Å². The number of imidazole rings is 1. The van der Waals surface area contributed by atoms with Crippen LogP contribution in [0.4, 0.5) is 0 Å². The lowest BCUT2D eigenvalue weighted by molar-refractivity contribution is 0.227. The molecule has 0 aliphatic heterocycles. The maximum atomic E-state index is 12.2. The number of hydrogen-bond acceptors (Lipinski definition) is 4. The van der Waals surface area contributed by atoms with Gasteiger partial charge in [-0.3, -0.25) is 0 Å². The highest BCUT2D eigenvalue weighted by Crippen LogP contribution is 2.12. The number of hydrogen-bond donors (Lipinski definition) is 2. The highest BCUT2D eigenvalue weighted by atomic mass is 32.2. The Morgan fingerprint density at radius 1 is 1.47 bits per heavy atom. The summed E-state index contributed by atoms with van der Waals surface area (Å²) in [6.45, 7) is 8.01. The number of nitrogens with one attached hydrogen (secondary N) is 1. The van der Waals surface area contributed by atoms with Gasteiger partial charge in [-0.15, -0.1) is 0 Å². The van der Waals surface area contributed by atoms with Crippen molar-refractivity contribution in [1.29, 1.82) is 0 Å². The molecule has 1 heterocycles. The van der Waals surface area contributed by atoms with Gasteiger partial charge in [0.05, 0.1) is 6.61 Å². The first-order valence-electron chi connectivity index (χ1n) is 6.48. The third kappa shape index (κ3) is 4.02. The Hall–Kier alpha value is -0.920. The SMILES string of the molecule is CCCn1cc(S(=O)(=O)N[C@H](CO)C(C)C)nc1C. The van der Waals surface area contributed by atoms with Crippen LogP contribution in [0.3, 0.4) is 0 Å². The molecule has 1 aromatic heterocycles. The average molecular weight is 289 g/mol. The van der Waals surface area contributed by atoms with Gasteiger partial charge < -0.3 is 9.67 Å². The Labute approximate surface area is 114 Å². The van der Waals surface area contributed by atoms with Crippen molar-refractivity contribution >= 4 is 10.0 Å². The fraction of sp³-hybridized carbons (Fsp3) is 0.750. The molecule has 0 spiro atoms. The standard InChI is InChI=1S/C12H23N3O3S/c1-5-6-15-7-12(13-10(15)4)19(17,18)14-11(8-16)9(2)3/h7,9,11,14,16H,5-6,8H2,1-4H3/t11-/m1/s1. The van der Waals surface area contributed by atoms with Gasteiger partial charge in [-0.1, -0.05) is 20.8 Å². The summed E-state index contributed by atoms with van der Waals surface area (Å²) in [6.07, 6.45) is 2.45. The van der Waals surface area contributed by atoms with Crippen molar-refractivity contribution < 1.29 is 13.5 Å². The Kier molecular flexibility index (Phi) is 5.51. The summed E-state index contributed by atoms with van der Waals surface area (Å²) in [5, 5.41) is 9.21. The molecule has 0 amide bonds. The van der Waals surface area contributed by atoms with Crippen molar-refractivity contribution in [3.05, 3.63) is 12.0 Å². The van der Waals surface area contributed by atoms with E-state index in [2.05, 4.69) is 9.71 Å². The van der Waals surface area contributed by atoms with E-state index in [0.29, 0.717) is 5.82 Å². The molecule has 0 aromatic carbocycles. The molecule has 7 heteroatoms. The predicted octanol–water partition coefficient (Wildman–Crippen LogP) is 0.897. The number of rotatable bonds is 7. The van der Waals surface area contributed by atoms with Crippen LogP contribution in [0.2, 0.25) is 0 Å². The average Bonchev–Trinajstić information content (AvgIpc) is 2.69. The van der Waals surface area contributed by atoms with Crippen LogP contribution in [0.25, 0.3) is 0 Å². The summed E-state index contributed by atoms with van der Waals surface area (Å²) in [5.74, 6) is 0.686. The van der Waals surface area contributed by atoms with Gasteiger partial charge in [-0.2, -0.15) is 0 Å². The largest absolute Gasteiger partial charge is 0.395 e. The van der Waals surface area contributed by atoms with Crippen LogP contribution >= 0.6 is 0 Å². The van der Waals surface area contributed by atoms with Crippen molar-refractivity contribution in [2.45, 2.75) is 51.7 Å². The van der Waals surface area contributed by atoms with Crippen LogP contribution < -0.4 is 4.72 Å². The second-order valence-electron chi connectivity index (χ2n) is 4.97. The fourth-order valence-electron chi connectivity index (χ4n) is 1.72. The number of aryl methyl sites for hydroxylation is 2. The van der Waals surface area contributed by atoms with E-state index < -0.39 is 16.1 Å². The zero-order valence-electron chi connectivity index (χ0n) is 11.9. The van der Waals surface area contributed by atoms with Gasteiger partial charge in [0.2, 0.25) is 0 Å². The van der Waals surface area contributed by atoms with Gasteiger partial charge in [-0.05, 0) is 19.3 Å². The maximum Gasteiger partial charge on any atom is 0.259 e. The summed E-state index contributed by atoms with van der Waals surface area (Å²) < 4.78 is 28.7. The third-order valence-corrected chi connectivity index (χ3v) is 4.36. The minimum atomic E-state index is -3.68. The van der Waals surface area contributed by atoms with Crippen LogP contribution in [-0.2, 0) is 16.6 Å². The van der Waals surface area contributed by atoms with Crippen molar-refractivity contribution in [2.24, 2.45) is 5.92 Å². The molecule has 0 bridgehead atoms. The van der Waals surface area contributed by atoms with E-state index >= 15 is 0 Å². The number of nitrogens with zero attached hydrogens (tertiary/aromatic N) is 2. The highest BCUT2D eigenvalue weighted by molar-refractivity contribution is 7.89. The van der Waals surface area contributed by atoms with Crippen molar-refractivity contribution in [3.8, 4) is 0 Å². The zero-order chi connectivity index (χ0) is 14.6. The van der Waals surface area contributed by atoms with Crippen molar-refractivity contribution in [1.82, 2.24) is 14.3 Å². The van der Waals surface area contributed by atoms with E-state index in [4.69, 9.17) is 0 Å². The first-order valence-corrected chi connectivity index (χ1v) is 7.97. The lowest BCUT2D eigenvalue weighted by atomic mass is 10.1. The second-order valence-corrected chi connectivity index (χ2v) is 6.63. The van der Waals surface area contributed by atoms with E-state index in [1.807, 2.05) is 25.3 Å². The normalized spacial score (nSPS) is 14.0. The number of aliphatic hydroxyl groups is 1. The summed E-state index contributed by atoms with van der Waals surface area (Å²) in [6, 6.07) is -0.498. The van der Waals surface area contributed by atoms with E-state index in [0.717, 1.165) is 13.0 Å². The Balaban J connectivity index is 2.97. The molecule has 19 heavy (non-hydrogen) atoms. The van der Waals surface area contributed by atoms with E-state index in [9.17, 15) is 13.5 Å². The molecular formula is C12H23N3O3S. The molecule has 0 saturated heterocycles. The van der Waals surface area contributed by atoms with Crippen LogP contribution in [0.5, 0.6) is 0 Å². The van der Waals surface area contributed by atoms with Crippen LogP contribution in [-0.4, -0.2) is 35.7 Å². The second kappa shape index (κ2) is 6.49. The molecule has 0 aliphatic carbocycles. The summed E-state index contributed by atoms with van der Waals surface area (Å²) in [7, 11) is -3.68. The molecule has 1 aromatic rings. The fourth-order valence-corrected chi connectivity index (χ4v) is 3.10. The highest BCUT2D eigenvalue weighted by Gasteiger charge is 2.24. The van der Waals surface area contributed by atoms with E-state index in [1.165, 1.54) is 6.20 Å². The smallest absolute Gasteiger partial charge is 0.259 e. The monoisotopic (exact) mass is 289 g/mol. The summed E-state index contributed by atoms with van der Waals surface area (Å²) in [5.41, 5.74) is 0. The van der Waals surface area contributed by atoms with Gasteiger partial charge >= 0.3 is 0 Å². The van der Waals surface area contributed by atoms with Crippen LogP contribution in [0.1, 0.15) is 33.0 Å². The number of sulfonamides is 1. The van der Waals surface area contributed by atoms with E-state index in [1.54, 1.807) is 6.92 Å². The zero-order valence-corrected chi connectivity index (χ0v) is 12.7. The van der Waals surface area contributed by atoms with Gasteiger partial charge in [-0.25, -0.2) is 18.1 Å². The number of aliphatic hydroxyl groups excluding tert-OH is 1. The molecular weight excluding hydrogens is 266 g/mol. The first kappa shape index (κ1) is 16.1. The molecule has 2 N–H and O–H groups in total. The lowest BCUT2D eigenvalue weighted by Crippen LogP contribution is -2.41. The predicted molar refractivity (Wildman–Crippen MR) is 73.3 cm³/mol. The van der Waals surface area contributed by atoms with Crippen LogP contribution in [0, 0.1) is 12.8 Å². The molecule has 0 unspecified atom stereocenters. The molecule has 0 fully saturated rings. The molecule has 6 nitrogen and oxygen atoms in total. The van der Waals surface area contributed by atoms with E-state index in [-0.39, 0.29) is 17.6 Å². The molecule has 0 saturated carbocycles.